The zero-order valence-corrected chi connectivity index (χ0v) is 11.2. The molecule has 0 aliphatic heterocycles. The molecule has 0 saturated heterocycles. The number of aromatic carboxylic acids is 1. The summed E-state index contributed by atoms with van der Waals surface area (Å²) >= 11 is 1.25. The fourth-order valence-electron chi connectivity index (χ4n) is 1.70. The van der Waals surface area contributed by atoms with Gasteiger partial charge in [-0.3, -0.25) is 4.79 Å². The van der Waals surface area contributed by atoms with Crippen LogP contribution in [0.1, 0.15) is 31.3 Å². The van der Waals surface area contributed by atoms with Gasteiger partial charge < -0.3 is 10.4 Å². The highest BCUT2D eigenvalue weighted by Gasteiger charge is 2.15. The molecular formula is C13H12N2O3S. The Morgan fingerprint density at radius 3 is 2.63 bits per heavy atom. The van der Waals surface area contributed by atoms with Crippen molar-refractivity contribution in [2.75, 3.05) is 5.32 Å². The maximum atomic E-state index is 12.0. The first-order valence-electron chi connectivity index (χ1n) is 5.55. The van der Waals surface area contributed by atoms with Crippen LogP contribution in [0.3, 0.4) is 0 Å². The Morgan fingerprint density at radius 1 is 1.32 bits per heavy atom. The molecule has 2 aromatic rings. The van der Waals surface area contributed by atoms with Crippen LogP contribution < -0.4 is 5.32 Å². The van der Waals surface area contributed by atoms with Gasteiger partial charge in [0.1, 0.15) is 4.88 Å². The van der Waals surface area contributed by atoms with Crippen molar-refractivity contribution in [2.45, 2.75) is 13.8 Å². The zero-order valence-electron chi connectivity index (χ0n) is 10.4. The Kier molecular flexibility index (Phi) is 3.62. The number of aryl methyl sites for hydroxylation is 1. The summed E-state index contributed by atoms with van der Waals surface area (Å²) in [5, 5.41) is 11.7. The number of anilines is 1. The van der Waals surface area contributed by atoms with E-state index in [1.807, 2.05) is 0 Å². The standard InChI is InChI=1S/C13H12N2O3S/c1-7-9(13(17)18)4-3-5-10(7)15-12(16)11-8(2)14-6-19-11/h3-6H,1-2H3,(H,15,16)(H,17,18). The molecule has 0 aliphatic carbocycles. The van der Waals surface area contributed by atoms with Crippen LogP contribution in [0.5, 0.6) is 0 Å². The first-order valence-corrected chi connectivity index (χ1v) is 6.43. The van der Waals surface area contributed by atoms with Crippen molar-refractivity contribution in [3.05, 3.63) is 45.4 Å². The first-order chi connectivity index (χ1) is 9.00. The largest absolute Gasteiger partial charge is 0.478 e. The Morgan fingerprint density at radius 2 is 2.05 bits per heavy atom. The van der Waals surface area contributed by atoms with Gasteiger partial charge >= 0.3 is 5.97 Å². The number of carbonyl (C=O) groups is 2. The van der Waals surface area contributed by atoms with Gasteiger partial charge in [-0.2, -0.15) is 0 Å². The van der Waals surface area contributed by atoms with Crippen molar-refractivity contribution in [1.29, 1.82) is 0 Å². The van der Waals surface area contributed by atoms with Crippen LogP contribution >= 0.6 is 11.3 Å². The molecule has 1 aromatic heterocycles. The number of hydrogen-bond donors (Lipinski definition) is 2. The topological polar surface area (TPSA) is 79.3 Å². The molecule has 0 bridgehead atoms. The molecule has 0 fully saturated rings. The molecule has 0 spiro atoms. The molecule has 1 heterocycles. The Labute approximate surface area is 113 Å². The minimum Gasteiger partial charge on any atom is -0.478 e. The van der Waals surface area contributed by atoms with Gasteiger partial charge in [-0.25, -0.2) is 9.78 Å². The van der Waals surface area contributed by atoms with Crippen LogP contribution in [0.15, 0.2) is 23.7 Å². The summed E-state index contributed by atoms with van der Waals surface area (Å²) in [6, 6.07) is 4.78. The predicted octanol–water partition coefficient (Wildman–Crippen LogP) is 2.71. The molecule has 1 aromatic carbocycles. The fraction of sp³-hybridized carbons (Fsp3) is 0.154. The summed E-state index contributed by atoms with van der Waals surface area (Å²) in [5.74, 6) is -1.28. The lowest BCUT2D eigenvalue weighted by atomic mass is 10.1. The summed E-state index contributed by atoms with van der Waals surface area (Å²) in [4.78, 5) is 27.6. The maximum Gasteiger partial charge on any atom is 0.336 e. The minimum atomic E-state index is -1.01. The second-order valence-electron chi connectivity index (χ2n) is 4.00. The van der Waals surface area contributed by atoms with E-state index in [1.165, 1.54) is 17.4 Å². The smallest absolute Gasteiger partial charge is 0.336 e. The normalized spacial score (nSPS) is 10.2. The van der Waals surface area contributed by atoms with E-state index in [0.717, 1.165) is 0 Å². The summed E-state index contributed by atoms with van der Waals surface area (Å²) in [5.41, 5.74) is 3.47. The van der Waals surface area contributed by atoms with E-state index in [4.69, 9.17) is 5.11 Å². The highest BCUT2D eigenvalue weighted by molar-refractivity contribution is 7.12. The second kappa shape index (κ2) is 5.19. The van der Waals surface area contributed by atoms with E-state index >= 15 is 0 Å². The molecule has 2 rings (SSSR count). The second-order valence-corrected chi connectivity index (χ2v) is 4.86. The third-order valence-electron chi connectivity index (χ3n) is 2.76. The van der Waals surface area contributed by atoms with Gasteiger partial charge in [-0.15, -0.1) is 11.3 Å². The number of benzene rings is 1. The van der Waals surface area contributed by atoms with Crippen LogP contribution in [0, 0.1) is 13.8 Å². The quantitative estimate of drug-likeness (QED) is 0.903. The van der Waals surface area contributed by atoms with Crippen molar-refractivity contribution < 1.29 is 14.7 Å². The van der Waals surface area contributed by atoms with Crippen LogP contribution in [-0.4, -0.2) is 22.0 Å². The van der Waals surface area contributed by atoms with Crippen LogP contribution in [0.25, 0.3) is 0 Å². The van der Waals surface area contributed by atoms with E-state index in [0.29, 0.717) is 21.8 Å². The molecule has 0 radical (unpaired) electrons. The van der Waals surface area contributed by atoms with Crippen molar-refractivity contribution in [3.63, 3.8) is 0 Å². The maximum absolute atomic E-state index is 12.0. The average molecular weight is 276 g/mol. The lowest BCUT2D eigenvalue weighted by Crippen LogP contribution is -2.13. The van der Waals surface area contributed by atoms with Gasteiger partial charge in [0.2, 0.25) is 0 Å². The Bertz CT molecular complexity index is 649. The number of carboxylic acid groups (broad SMARTS) is 1. The van der Waals surface area contributed by atoms with E-state index in [-0.39, 0.29) is 11.5 Å². The third kappa shape index (κ3) is 2.63. The number of rotatable bonds is 3. The number of carbonyl (C=O) groups excluding carboxylic acids is 1. The number of thiazole rings is 1. The number of nitrogens with one attached hydrogen (secondary N) is 1. The highest BCUT2D eigenvalue weighted by Crippen LogP contribution is 2.21. The molecule has 1 amide bonds. The summed E-state index contributed by atoms with van der Waals surface area (Å²) in [6.07, 6.45) is 0. The summed E-state index contributed by atoms with van der Waals surface area (Å²) in [7, 11) is 0. The molecule has 0 unspecified atom stereocenters. The van der Waals surface area contributed by atoms with Gasteiger partial charge in [0.05, 0.1) is 16.8 Å². The zero-order chi connectivity index (χ0) is 14.0. The molecule has 0 atom stereocenters. The van der Waals surface area contributed by atoms with Crippen molar-refractivity contribution >= 4 is 28.9 Å². The van der Waals surface area contributed by atoms with Gasteiger partial charge in [0, 0.05) is 5.69 Å². The number of carboxylic acids is 1. The van der Waals surface area contributed by atoms with Crippen LogP contribution in [0.4, 0.5) is 5.69 Å². The molecule has 5 nitrogen and oxygen atoms in total. The van der Waals surface area contributed by atoms with E-state index in [1.54, 1.807) is 31.5 Å². The van der Waals surface area contributed by atoms with Crippen LogP contribution in [-0.2, 0) is 0 Å². The van der Waals surface area contributed by atoms with E-state index in [2.05, 4.69) is 10.3 Å². The van der Waals surface area contributed by atoms with Gasteiger partial charge in [-0.1, -0.05) is 6.07 Å². The predicted molar refractivity (Wildman–Crippen MR) is 72.9 cm³/mol. The summed E-state index contributed by atoms with van der Waals surface area (Å²) in [6.45, 7) is 3.42. The van der Waals surface area contributed by atoms with Gasteiger partial charge in [0.25, 0.3) is 5.91 Å². The Balaban J connectivity index is 2.30. The highest BCUT2D eigenvalue weighted by atomic mass is 32.1. The van der Waals surface area contributed by atoms with Crippen molar-refractivity contribution in [2.24, 2.45) is 0 Å². The first kappa shape index (κ1) is 13.2. The van der Waals surface area contributed by atoms with Crippen LogP contribution in [0.2, 0.25) is 0 Å². The molecule has 0 aliphatic rings. The van der Waals surface area contributed by atoms with E-state index < -0.39 is 5.97 Å². The molecular weight excluding hydrogens is 264 g/mol. The monoisotopic (exact) mass is 276 g/mol. The number of amides is 1. The van der Waals surface area contributed by atoms with Crippen molar-refractivity contribution in [1.82, 2.24) is 4.98 Å². The molecule has 19 heavy (non-hydrogen) atoms. The third-order valence-corrected chi connectivity index (χ3v) is 3.69. The molecule has 0 saturated carbocycles. The number of hydrogen-bond acceptors (Lipinski definition) is 4. The fourth-order valence-corrected chi connectivity index (χ4v) is 2.40. The molecule has 98 valence electrons. The summed E-state index contributed by atoms with van der Waals surface area (Å²) < 4.78 is 0. The van der Waals surface area contributed by atoms with Gasteiger partial charge in [-0.05, 0) is 31.5 Å². The lowest BCUT2D eigenvalue weighted by Gasteiger charge is -2.09. The van der Waals surface area contributed by atoms with Gasteiger partial charge in [0.15, 0.2) is 0 Å². The lowest BCUT2D eigenvalue weighted by molar-refractivity contribution is 0.0695. The number of aromatic nitrogens is 1. The van der Waals surface area contributed by atoms with Crippen molar-refractivity contribution in [3.8, 4) is 0 Å². The minimum absolute atomic E-state index is 0.179. The molecule has 6 heteroatoms. The number of nitrogens with zero attached hydrogens (tertiary/aromatic N) is 1. The van der Waals surface area contributed by atoms with E-state index in [9.17, 15) is 9.59 Å². The Hall–Kier alpha value is -2.21. The average Bonchev–Trinajstić information content (AvgIpc) is 2.77. The SMILES string of the molecule is Cc1ncsc1C(=O)Nc1cccc(C(=O)O)c1C. The molecule has 2 N–H and O–H groups in total.